The van der Waals surface area contributed by atoms with Gasteiger partial charge in [0.15, 0.2) is 6.61 Å². The lowest BCUT2D eigenvalue weighted by Gasteiger charge is -2.23. The van der Waals surface area contributed by atoms with Crippen molar-refractivity contribution in [2.45, 2.75) is 25.4 Å². The Balaban J connectivity index is 1.46. The predicted molar refractivity (Wildman–Crippen MR) is 105 cm³/mol. The van der Waals surface area contributed by atoms with Crippen molar-refractivity contribution in [3.05, 3.63) is 71.0 Å². The van der Waals surface area contributed by atoms with E-state index < -0.39 is 0 Å². The van der Waals surface area contributed by atoms with Gasteiger partial charge in [-0.2, -0.15) is 0 Å². The van der Waals surface area contributed by atoms with Crippen LogP contribution >= 0.6 is 15.9 Å². The van der Waals surface area contributed by atoms with Crippen LogP contribution in [0.4, 0.5) is 0 Å². The van der Waals surface area contributed by atoms with Crippen LogP contribution in [0.5, 0.6) is 5.75 Å². The Hall–Kier alpha value is -2.40. The van der Waals surface area contributed by atoms with Crippen LogP contribution in [-0.4, -0.2) is 28.4 Å². The number of amides is 1. The second-order valence-electron chi connectivity index (χ2n) is 6.50. The van der Waals surface area contributed by atoms with Crippen LogP contribution < -0.4 is 4.74 Å². The van der Waals surface area contributed by atoms with E-state index in [0.717, 1.165) is 33.7 Å². The van der Waals surface area contributed by atoms with Crippen molar-refractivity contribution in [3.8, 4) is 5.75 Å². The zero-order chi connectivity index (χ0) is 17.9. The summed E-state index contributed by atoms with van der Waals surface area (Å²) >= 11 is 3.61. The number of fused-ring (bicyclic) bond motifs is 1. The molecule has 1 aromatic heterocycles. The number of hydrogen-bond donors (Lipinski definition) is 0. The van der Waals surface area contributed by atoms with Gasteiger partial charge in [-0.3, -0.25) is 9.78 Å². The maximum absolute atomic E-state index is 12.7. The molecular weight excluding hydrogens is 392 g/mol. The van der Waals surface area contributed by atoms with Gasteiger partial charge >= 0.3 is 0 Å². The molecule has 0 saturated heterocycles. The minimum absolute atomic E-state index is 0.0179. The third kappa shape index (κ3) is 3.73. The largest absolute Gasteiger partial charge is 0.483 e. The van der Waals surface area contributed by atoms with Crippen molar-refractivity contribution in [2.75, 3.05) is 6.61 Å². The Morgan fingerprint density at radius 1 is 1.12 bits per heavy atom. The molecule has 4 rings (SSSR count). The fourth-order valence-corrected chi connectivity index (χ4v) is 3.65. The molecule has 1 saturated carbocycles. The van der Waals surface area contributed by atoms with Crippen molar-refractivity contribution in [1.29, 1.82) is 0 Å². The van der Waals surface area contributed by atoms with E-state index in [2.05, 4.69) is 27.0 Å². The number of hydrogen-bond acceptors (Lipinski definition) is 3. The first-order valence-electron chi connectivity index (χ1n) is 8.71. The van der Waals surface area contributed by atoms with Crippen LogP contribution in [-0.2, 0) is 11.3 Å². The van der Waals surface area contributed by atoms with E-state index in [4.69, 9.17) is 4.74 Å². The number of ether oxygens (including phenoxy) is 1. The highest BCUT2D eigenvalue weighted by molar-refractivity contribution is 9.10. The number of carbonyl (C=O) groups is 1. The van der Waals surface area contributed by atoms with Crippen molar-refractivity contribution < 1.29 is 9.53 Å². The minimum Gasteiger partial charge on any atom is -0.483 e. The second-order valence-corrected chi connectivity index (χ2v) is 7.29. The van der Waals surface area contributed by atoms with Crippen molar-refractivity contribution >= 4 is 32.6 Å². The van der Waals surface area contributed by atoms with E-state index in [0.29, 0.717) is 18.3 Å². The summed E-state index contributed by atoms with van der Waals surface area (Å²) in [6.07, 6.45) is 5.65. The monoisotopic (exact) mass is 410 g/mol. The molecule has 1 aliphatic carbocycles. The maximum atomic E-state index is 12.7. The molecule has 1 aliphatic rings. The van der Waals surface area contributed by atoms with E-state index in [1.807, 2.05) is 47.4 Å². The van der Waals surface area contributed by atoms with E-state index >= 15 is 0 Å². The van der Waals surface area contributed by atoms with Crippen LogP contribution in [0, 0.1) is 0 Å². The summed E-state index contributed by atoms with van der Waals surface area (Å²) in [5.41, 5.74) is 1.09. The molecule has 3 aromatic rings. The first kappa shape index (κ1) is 17.0. The van der Waals surface area contributed by atoms with E-state index in [-0.39, 0.29) is 12.5 Å². The van der Waals surface area contributed by atoms with Gasteiger partial charge in [-0.05, 0) is 63.3 Å². The van der Waals surface area contributed by atoms with Crippen LogP contribution in [0.2, 0.25) is 0 Å². The van der Waals surface area contributed by atoms with E-state index in [1.54, 1.807) is 12.4 Å². The Morgan fingerprint density at radius 3 is 2.65 bits per heavy atom. The number of halogens is 1. The molecule has 0 spiro atoms. The molecule has 0 bridgehead atoms. The zero-order valence-electron chi connectivity index (χ0n) is 14.3. The molecule has 0 atom stereocenters. The van der Waals surface area contributed by atoms with Crippen LogP contribution in [0.3, 0.4) is 0 Å². The molecule has 0 unspecified atom stereocenters. The van der Waals surface area contributed by atoms with Crippen LogP contribution in [0.25, 0.3) is 10.8 Å². The van der Waals surface area contributed by atoms with Crippen molar-refractivity contribution in [2.24, 2.45) is 0 Å². The summed E-state index contributed by atoms with van der Waals surface area (Å²) in [5, 5.41) is 2.21. The van der Waals surface area contributed by atoms with Crippen molar-refractivity contribution in [3.63, 3.8) is 0 Å². The van der Waals surface area contributed by atoms with Crippen LogP contribution in [0.15, 0.2) is 65.4 Å². The van der Waals surface area contributed by atoms with E-state index in [1.165, 1.54) is 0 Å². The standard InChI is InChI=1S/C21H19BrN2O2/c22-21-18-4-2-1-3-16(18)5-8-19(21)26-14-20(25)24(17-6-7-17)13-15-9-11-23-12-10-15/h1-5,8-12,17H,6-7,13-14H2. The van der Waals surface area contributed by atoms with Crippen molar-refractivity contribution in [1.82, 2.24) is 9.88 Å². The summed E-state index contributed by atoms with van der Waals surface area (Å²) in [4.78, 5) is 18.7. The summed E-state index contributed by atoms with van der Waals surface area (Å²) in [6, 6.07) is 16.2. The highest BCUT2D eigenvalue weighted by Gasteiger charge is 2.32. The molecule has 1 fully saturated rings. The fourth-order valence-electron chi connectivity index (χ4n) is 3.04. The molecule has 2 aromatic carbocycles. The van der Waals surface area contributed by atoms with Gasteiger partial charge in [0.25, 0.3) is 5.91 Å². The Morgan fingerprint density at radius 2 is 1.88 bits per heavy atom. The van der Waals surface area contributed by atoms with E-state index in [9.17, 15) is 4.79 Å². The highest BCUT2D eigenvalue weighted by Crippen LogP contribution is 2.33. The lowest BCUT2D eigenvalue weighted by molar-refractivity contribution is -0.134. The first-order valence-corrected chi connectivity index (χ1v) is 9.50. The Bertz CT molecular complexity index is 926. The number of aromatic nitrogens is 1. The molecule has 132 valence electrons. The van der Waals surface area contributed by atoms with Gasteiger partial charge in [-0.25, -0.2) is 0 Å². The molecule has 5 heteroatoms. The van der Waals surface area contributed by atoms with Crippen LogP contribution in [0.1, 0.15) is 18.4 Å². The molecule has 0 radical (unpaired) electrons. The normalized spacial score (nSPS) is 13.6. The van der Waals surface area contributed by atoms with Gasteiger partial charge in [0.1, 0.15) is 5.75 Å². The molecule has 0 N–H and O–H groups in total. The third-order valence-corrected chi connectivity index (χ3v) is 5.41. The molecule has 1 heterocycles. The summed E-state index contributed by atoms with van der Waals surface area (Å²) < 4.78 is 6.74. The van der Waals surface area contributed by atoms with Gasteiger partial charge in [0.05, 0.1) is 4.47 Å². The molecular formula is C21H19BrN2O2. The average Bonchev–Trinajstić information content (AvgIpc) is 3.51. The molecule has 4 nitrogen and oxygen atoms in total. The van der Waals surface area contributed by atoms with Gasteiger partial charge < -0.3 is 9.64 Å². The summed E-state index contributed by atoms with van der Waals surface area (Å²) in [7, 11) is 0. The quantitative estimate of drug-likeness (QED) is 0.597. The highest BCUT2D eigenvalue weighted by atomic mass is 79.9. The SMILES string of the molecule is O=C(COc1ccc2ccccc2c1Br)N(Cc1ccncc1)C1CC1. The Labute approximate surface area is 160 Å². The summed E-state index contributed by atoms with van der Waals surface area (Å²) in [6.45, 7) is 0.646. The van der Waals surface area contributed by atoms with Gasteiger partial charge in [-0.1, -0.05) is 30.3 Å². The average molecular weight is 411 g/mol. The third-order valence-electron chi connectivity index (χ3n) is 4.59. The Kier molecular flexibility index (Phi) is 4.89. The number of benzene rings is 2. The maximum Gasteiger partial charge on any atom is 0.261 e. The number of rotatable bonds is 6. The number of nitrogens with zero attached hydrogens (tertiary/aromatic N) is 2. The lowest BCUT2D eigenvalue weighted by Crippen LogP contribution is -2.36. The smallest absolute Gasteiger partial charge is 0.261 e. The lowest BCUT2D eigenvalue weighted by atomic mass is 10.1. The molecule has 0 aliphatic heterocycles. The molecule has 1 amide bonds. The minimum atomic E-state index is 0.0179. The predicted octanol–water partition coefficient (Wildman–Crippen LogP) is 4.57. The second kappa shape index (κ2) is 7.46. The molecule has 26 heavy (non-hydrogen) atoms. The number of carbonyl (C=O) groups excluding carboxylic acids is 1. The summed E-state index contributed by atoms with van der Waals surface area (Å²) in [5.74, 6) is 0.709. The fraction of sp³-hybridized carbons (Fsp3) is 0.238. The van der Waals surface area contributed by atoms with Gasteiger partial charge in [0.2, 0.25) is 0 Å². The van der Waals surface area contributed by atoms with Gasteiger partial charge in [-0.15, -0.1) is 0 Å². The zero-order valence-corrected chi connectivity index (χ0v) is 15.9. The number of pyridine rings is 1. The first-order chi connectivity index (χ1) is 12.7. The topological polar surface area (TPSA) is 42.4 Å². The van der Waals surface area contributed by atoms with Gasteiger partial charge in [0, 0.05) is 25.0 Å².